The van der Waals surface area contributed by atoms with Crippen LogP contribution in [0.15, 0.2) is 53.4 Å². The van der Waals surface area contributed by atoms with E-state index >= 15 is 0 Å². The van der Waals surface area contributed by atoms with Crippen molar-refractivity contribution in [3.05, 3.63) is 64.7 Å². The number of benzene rings is 2. The van der Waals surface area contributed by atoms with Crippen LogP contribution in [0.1, 0.15) is 29.9 Å². The zero-order chi connectivity index (χ0) is 18.7. The zero-order valence-corrected chi connectivity index (χ0v) is 15.7. The summed E-state index contributed by atoms with van der Waals surface area (Å²) in [5, 5.41) is 9.19. The van der Waals surface area contributed by atoms with Gasteiger partial charge in [0.05, 0.1) is 11.4 Å². The van der Waals surface area contributed by atoms with Gasteiger partial charge in [0.25, 0.3) is 0 Å². The molecule has 1 fully saturated rings. The van der Waals surface area contributed by atoms with Gasteiger partial charge in [0, 0.05) is 13.1 Å². The third-order valence-corrected chi connectivity index (χ3v) is 6.98. The van der Waals surface area contributed by atoms with Crippen LogP contribution in [0.2, 0.25) is 5.02 Å². The maximum absolute atomic E-state index is 13.0. The van der Waals surface area contributed by atoms with Gasteiger partial charge in [0.1, 0.15) is 4.90 Å². The highest BCUT2D eigenvalue weighted by Crippen LogP contribution is 2.32. The quantitative estimate of drug-likeness (QED) is 0.843. The Morgan fingerprint density at radius 1 is 1.19 bits per heavy atom. The molecule has 0 saturated carbocycles. The number of halogens is 1. The Morgan fingerprint density at radius 3 is 2.69 bits per heavy atom. The number of carboxylic acids is 1. The number of aliphatic carboxylic acids is 1. The molecule has 1 heterocycles. The number of piperidine rings is 1. The van der Waals surface area contributed by atoms with E-state index in [0.29, 0.717) is 13.1 Å². The van der Waals surface area contributed by atoms with Gasteiger partial charge in [0.15, 0.2) is 0 Å². The molecule has 7 heteroatoms. The van der Waals surface area contributed by atoms with Crippen molar-refractivity contribution in [2.24, 2.45) is 0 Å². The van der Waals surface area contributed by atoms with Crippen LogP contribution in [0.5, 0.6) is 0 Å². The first-order valence-electron chi connectivity index (χ1n) is 8.43. The van der Waals surface area contributed by atoms with E-state index < -0.39 is 16.0 Å². The van der Waals surface area contributed by atoms with E-state index in [9.17, 15) is 13.2 Å². The predicted octanol–water partition coefficient (Wildman–Crippen LogP) is 3.54. The van der Waals surface area contributed by atoms with Crippen LogP contribution in [0.3, 0.4) is 0 Å². The Bertz CT molecular complexity index is 913. The van der Waals surface area contributed by atoms with Crippen molar-refractivity contribution in [2.75, 3.05) is 13.1 Å². The van der Waals surface area contributed by atoms with Crippen LogP contribution >= 0.6 is 11.6 Å². The van der Waals surface area contributed by atoms with Crippen molar-refractivity contribution in [3.8, 4) is 0 Å². The average Bonchev–Trinajstić information content (AvgIpc) is 2.62. The normalized spacial score (nSPS) is 18.6. The molecule has 2 aromatic rings. The summed E-state index contributed by atoms with van der Waals surface area (Å²) in [6, 6.07) is 13.9. The monoisotopic (exact) mass is 393 g/mol. The van der Waals surface area contributed by atoms with Crippen molar-refractivity contribution in [1.29, 1.82) is 0 Å². The number of hydrogen-bond donors (Lipinski definition) is 1. The second kappa shape index (κ2) is 7.78. The predicted molar refractivity (Wildman–Crippen MR) is 100.0 cm³/mol. The Labute approximate surface area is 158 Å². The minimum Gasteiger partial charge on any atom is -0.481 e. The fourth-order valence-electron chi connectivity index (χ4n) is 3.36. The van der Waals surface area contributed by atoms with E-state index in [-0.39, 0.29) is 22.3 Å². The Morgan fingerprint density at radius 2 is 1.96 bits per heavy atom. The highest BCUT2D eigenvalue weighted by Gasteiger charge is 2.32. The minimum atomic E-state index is -3.66. The molecule has 3 rings (SSSR count). The average molecular weight is 394 g/mol. The van der Waals surface area contributed by atoms with Crippen molar-refractivity contribution < 1.29 is 18.3 Å². The fraction of sp³-hybridized carbons (Fsp3) is 0.316. The molecule has 0 amide bonds. The van der Waals surface area contributed by atoms with E-state index in [0.717, 1.165) is 24.0 Å². The first-order valence-corrected chi connectivity index (χ1v) is 10.2. The van der Waals surface area contributed by atoms with E-state index in [1.54, 1.807) is 24.3 Å². The van der Waals surface area contributed by atoms with Gasteiger partial charge in [-0.3, -0.25) is 4.79 Å². The molecule has 1 N–H and O–H groups in total. The summed E-state index contributed by atoms with van der Waals surface area (Å²) in [6.45, 7) is 0.822. The highest BCUT2D eigenvalue weighted by atomic mass is 35.5. The van der Waals surface area contributed by atoms with E-state index in [2.05, 4.69) is 0 Å². The molecule has 26 heavy (non-hydrogen) atoms. The van der Waals surface area contributed by atoms with Crippen LogP contribution in [0.4, 0.5) is 0 Å². The molecule has 1 aliphatic rings. The van der Waals surface area contributed by atoms with Gasteiger partial charge >= 0.3 is 5.97 Å². The lowest BCUT2D eigenvalue weighted by Gasteiger charge is -2.32. The molecule has 0 spiro atoms. The second-order valence-corrected chi connectivity index (χ2v) is 8.76. The molecule has 0 aromatic heterocycles. The lowest BCUT2D eigenvalue weighted by Crippen LogP contribution is -2.39. The summed E-state index contributed by atoms with van der Waals surface area (Å²) >= 11 is 6.09. The van der Waals surface area contributed by atoms with Crippen LogP contribution < -0.4 is 0 Å². The molecule has 1 saturated heterocycles. The maximum atomic E-state index is 13.0. The van der Waals surface area contributed by atoms with Gasteiger partial charge in [0.2, 0.25) is 10.0 Å². The smallest absolute Gasteiger partial charge is 0.307 e. The number of hydrogen-bond acceptors (Lipinski definition) is 3. The van der Waals surface area contributed by atoms with Crippen molar-refractivity contribution in [3.63, 3.8) is 0 Å². The topological polar surface area (TPSA) is 74.7 Å². The summed E-state index contributed by atoms with van der Waals surface area (Å²) < 4.78 is 27.4. The van der Waals surface area contributed by atoms with Gasteiger partial charge in [-0.25, -0.2) is 8.42 Å². The van der Waals surface area contributed by atoms with E-state index in [1.165, 1.54) is 10.4 Å². The van der Waals surface area contributed by atoms with E-state index in [1.807, 2.05) is 18.2 Å². The van der Waals surface area contributed by atoms with E-state index in [4.69, 9.17) is 16.7 Å². The number of rotatable bonds is 5. The lowest BCUT2D eigenvalue weighted by molar-refractivity contribution is -0.136. The van der Waals surface area contributed by atoms with Crippen molar-refractivity contribution in [2.45, 2.75) is 30.1 Å². The SMILES string of the molecule is O=C(O)Cc1cccc(C2CCCN(S(=O)(=O)c3ccccc3Cl)C2)c1. The molecule has 0 radical (unpaired) electrons. The number of carbonyl (C=O) groups is 1. The summed E-state index contributed by atoms with van der Waals surface area (Å²) in [7, 11) is -3.66. The number of carboxylic acid groups (broad SMARTS) is 1. The Hall–Kier alpha value is -1.89. The molecule has 2 aromatic carbocycles. The summed E-state index contributed by atoms with van der Waals surface area (Å²) in [5.74, 6) is -0.844. The van der Waals surface area contributed by atoms with Crippen LogP contribution in [0, 0.1) is 0 Å². The molecular weight excluding hydrogens is 374 g/mol. The summed E-state index contributed by atoms with van der Waals surface area (Å²) in [4.78, 5) is 11.1. The van der Waals surface area contributed by atoms with Gasteiger partial charge in [-0.2, -0.15) is 4.31 Å². The number of sulfonamides is 1. The van der Waals surface area contributed by atoms with Crippen molar-refractivity contribution in [1.82, 2.24) is 4.31 Å². The first-order chi connectivity index (χ1) is 12.4. The summed E-state index contributed by atoms with van der Waals surface area (Å²) in [5.41, 5.74) is 1.70. The molecule has 1 atom stereocenters. The molecule has 138 valence electrons. The van der Waals surface area contributed by atoms with Crippen LogP contribution in [-0.2, 0) is 21.2 Å². The fourth-order valence-corrected chi connectivity index (χ4v) is 5.37. The molecule has 1 unspecified atom stereocenters. The largest absolute Gasteiger partial charge is 0.481 e. The molecular formula is C19H20ClNO4S. The first kappa shape index (κ1) is 18.9. The van der Waals surface area contributed by atoms with Gasteiger partial charge in [-0.15, -0.1) is 0 Å². The second-order valence-electron chi connectivity index (χ2n) is 6.45. The van der Waals surface area contributed by atoms with Gasteiger partial charge < -0.3 is 5.11 Å². The van der Waals surface area contributed by atoms with Gasteiger partial charge in [-0.1, -0.05) is 48.0 Å². The number of nitrogens with zero attached hydrogens (tertiary/aromatic N) is 1. The summed E-state index contributed by atoms with van der Waals surface area (Å²) in [6.07, 6.45) is 1.57. The zero-order valence-electron chi connectivity index (χ0n) is 14.1. The molecule has 5 nitrogen and oxygen atoms in total. The lowest BCUT2D eigenvalue weighted by atomic mass is 9.90. The molecule has 1 aliphatic heterocycles. The third kappa shape index (κ3) is 4.09. The highest BCUT2D eigenvalue weighted by molar-refractivity contribution is 7.89. The Kier molecular flexibility index (Phi) is 5.65. The molecule has 0 aliphatic carbocycles. The third-order valence-electron chi connectivity index (χ3n) is 4.62. The maximum Gasteiger partial charge on any atom is 0.307 e. The molecule has 0 bridgehead atoms. The Balaban J connectivity index is 1.84. The minimum absolute atomic E-state index is 0.0368. The van der Waals surface area contributed by atoms with Crippen LogP contribution in [0.25, 0.3) is 0 Å². The standard InChI is InChI=1S/C19H20ClNO4S/c20-17-8-1-2-9-18(17)26(24,25)21-10-4-7-16(13-21)15-6-3-5-14(11-15)12-19(22)23/h1-3,5-6,8-9,11,16H,4,7,10,12-13H2,(H,22,23). The van der Waals surface area contributed by atoms with Gasteiger partial charge in [-0.05, 0) is 42.0 Å². The van der Waals surface area contributed by atoms with Crippen LogP contribution in [-0.4, -0.2) is 36.9 Å². The van der Waals surface area contributed by atoms with Crippen molar-refractivity contribution >= 4 is 27.6 Å².